The third-order valence-electron chi connectivity index (χ3n) is 7.24. The predicted molar refractivity (Wildman–Crippen MR) is 180 cm³/mol. The molecule has 0 aliphatic rings. The Balaban J connectivity index is 2.61. The number of ketones is 2. The summed E-state index contributed by atoms with van der Waals surface area (Å²) in [6, 6.07) is -5.52. The largest absolute Gasteiger partial charge is 0.508 e. The van der Waals surface area contributed by atoms with Crippen LogP contribution in [0.2, 0.25) is 0 Å². The zero-order valence-electron chi connectivity index (χ0n) is 36.2. The van der Waals surface area contributed by atoms with E-state index in [1.165, 1.54) is 12.1 Å². The number of amides is 2. The predicted octanol–water partition coefficient (Wildman–Crippen LogP) is 1.43. The number of guanidine groups is 1. The van der Waals surface area contributed by atoms with Crippen molar-refractivity contribution in [2.45, 2.75) is 83.6 Å². The smallest absolute Gasteiger partial charge is 0.224 e. The Morgan fingerprint density at radius 3 is 2.17 bits per heavy atom. The van der Waals surface area contributed by atoms with Crippen molar-refractivity contribution >= 4 is 29.3 Å². The normalized spacial score (nSPS) is 18.1. The first-order valence-electron chi connectivity index (χ1n) is 19.8. The molecule has 46 heavy (non-hydrogen) atoms. The highest BCUT2D eigenvalue weighted by molar-refractivity contribution is 5.94. The molecule has 0 saturated heterocycles. The summed E-state index contributed by atoms with van der Waals surface area (Å²) in [4.78, 5) is 58.4. The lowest BCUT2D eigenvalue weighted by molar-refractivity contribution is -0.133. The van der Waals surface area contributed by atoms with E-state index in [0.717, 1.165) is 0 Å². The van der Waals surface area contributed by atoms with E-state index in [-0.39, 0.29) is 37.5 Å². The highest BCUT2D eigenvalue weighted by Crippen LogP contribution is 2.26. The molecule has 12 N–H and O–H groups in total. The minimum atomic E-state index is -3.17. The number of carbonyl (C=O) groups excluding carboxylic acids is 4. The van der Waals surface area contributed by atoms with Crippen LogP contribution in [0.3, 0.4) is 0 Å². The van der Waals surface area contributed by atoms with Crippen LogP contribution in [-0.4, -0.2) is 59.5 Å². The fourth-order valence-electron chi connectivity index (χ4n) is 4.79. The molecule has 12 heteroatoms. The summed E-state index contributed by atoms with van der Waals surface area (Å²) in [5.41, 5.74) is 28.6. The number of nitrogens with two attached hydrogens (primary N) is 5. The molecule has 0 bridgehead atoms. The quantitative estimate of drug-likeness (QED) is 0.0588. The number of hydrogen-bond acceptors (Lipinski definition) is 8. The molecule has 2 aromatic carbocycles. The Labute approximate surface area is 285 Å². The second-order valence-corrected chi connectivity index (χ2v) is 10.9. The summed E-state index contributed by atoms with van der Waals surface area (Å²) in [6.45, 7) is 1.26. The highest BCUT2D eigenvalue weighted by Gasteiger charge is 2.31. The number of aromatic hydroxyl groups is 1. The van der Waals surface area contributed by atoms with Crippen molar-refractivity contribution < 1.29 is 38.0 Å². The van der Waals surface area contributed by atoms with Crippen molar-refractivity contribution in [2.24, 2.45) is 45.5 Å². The Morgan fingerprint density at radius 2 is 1.59 bits per heavy atom. The Bertz CT molecular complexity index is 1790. The molecule has 252 valence electrons. The number of nitrogens with zero attached hydrogens (tertiary/aromatic N) is 1. The monoisotopic (exact) mass is 647 g/mol. The van der Waals surface area contributed by atoms with Gasteiger partial charge in [-0.1, -0.05) is 30.2 Å². The zero-order valence-corrected chi connectivity index (χ0v) is 26.2. The van der Waals surface area contributed by atoms with E-state index in [2.05, 4.69) is 10.3 Å². The van der Waals surface area contributed by atoms with Gasteiger partial charge in [0.15, 0.2) is 11.7 Å². The number of nitrogens with one attached hydrogen (secondary N) is 1. The summed E-state index contributed by atoms with van der Waals surface area (Å²) in [6.07, 6.45) is -5.81. The maximum absolute atomic E-state index is 14.2. The van der Waals surface area contributed by atoms with Crippen LogP contribution in [0.5, 0.6) is 5.75 Å². The van der Waals surface area contributed by atoms with Crippen molar-refractivity contribution in [3.05, 3.63) is 64.6 Å². The molecule has 4 atom stereocenters. The summed E-state index contributed by atoms with van der Waals surface area (Å²) < 4.78 is 82.4. The number of aliphatic imine (C=N–C) groups is 1. The van der Waals surface area contributed by atoms with Gasteiger partial charge >= 0.3 is 0 Å². The molecule has 2 rings (SSSR count). The van der Waals surface area contributed by atoms with Crippen LogP contribution in [0.15, 0.2) is 47.3 Å². The number of Topliss-reactive ketones (excluding diaryl/α,β-unsaturated/α-hetero) is 2. The first-order chi connectivity index (χ1) is 25.6. The third kappa shape index (κ3) is 13.0. The van der Waals surface area contributed by atoms with Crippen molar-refractivity contribution in [1.82, 2.24) is 5.32 Å². The lowest BCUT2D eigenvalue weighted by atomic mass is 9.86. The average molecular weight is 648 g/mol. The van der Waals surface area contributed by atoms with Gasteiger partial charge in [0.25, 0.3) is 0 Å². The van der Waals surface area contributed by atoms with Crippen molar-refractivity contribution in [2.75, 3.05) is 13.0 Å². The molecule has 2 aromatic rings. The van der Waals surface area contributed by atoms with Gasteiger partial charge in [-0.15, -0.1) is 0 Å². The summed E-state index contributed by atoms with van der Waals surface area (Å²) >= 11 is 0. The maximum Gasteiger partial charge on any atom is 0.224 e. The Kier molecular flexibility index (Phi) is 10.4. The second-order valence-electron chi connectivity index (χ2n) is 10.9. The first-order valence-corrected chi connectivity index (χ1v) is 14.8. The van der Waals surface area contributed by atoms with E-state index in [4.69, 9.17) is 41.0 Å². The van der Waals surface area contributed by atoms with Gasteiger partial charge in [-0.05, 0) is 99.6 Å². The van der Waals surface area contributed by atoms with E-state index in [0.29, 0.717) is 23.1 Å². The average Bonchev–Trinajstić information content (AvgIpc) is 3.06. The topological polar surface area (TPSA) is 243 Å². The molecule has 0 aliphatic carbocycles. The van der Waals surface area contributed by atoms with Crippen LogP contribution in [0.1, 0.15) is 80.9 Å². The number of benzene rings is 2. The van der Waals surface area contributed by atoms with Crippen LogP contribution in [-0.2, 0) is 32.0 Å². The van der Waals surface area contributed by atoms with E-state index in [9.17, 15) is 25.7 Å². The molecule has 0 aliphatic heterocycles. The number of aryl methyl sites for hydroxylation is 2. The third-order valence-corrected chi connectivity index (χ3v) is 7.24. The van der Waals surface area contributed by atoms with Crippen molar-refractivity contribution in [3.63, 3.8) is 0 Å². The van der Waals surface area contributed by atoms with Gasteiger partial charge in [0, 0.05) is 36.7 Å². The molecule has 0 unspecified atom stereocenters. The van der Waals surface area contributed by atoms with Gasteiger partial charge in [0.05, 0.1) is 20.3 Å². The molecular formula is C34H51N7O5. The van der Waals surface area contributed by atoms with Crippen molar-refractivity contribution in [1.29, 1.82) is 0 Å². The van der Waals surface area contributed by atoms with Crippen LogP contribution in [0.4, 0.5) is 0 Å². The fourth-order valence-corrected chi connectivity index (χ4v) is 4.79. The number of primary amides is 1. The molecule has 0 saturated carbocycles. The molecule has 0 heterocycles. The number of carbonyl (C=O) groups is 4. The lowest BCUT2D eigenvalue weighted by Crippen LogP contribution is -2.46. The molecule has 0 radical (unpaired) electrons. The number of phenolic OH excluding ortho intramolecular Hbond substituents is 1. The van der Waals surface area contributed by atoms with E-state index >= 15 is 0 Å². The Hall–Kier alpha value is -4.29. The van der Waals surface area contributed by atoms with Crippen LogP contribution < -0.4 is 34.0 Å². The van der Waals surface area contributed by atoms with Gasteiger partial charge in [-0.2, -0.15) is 0 Å². The SMILES string of the molecule is [2H]c1c([2H])c([2H])c(C([2H])([2H])[C@H](CC(=O)[C@]([2H])(CCCC([2H])([2H])N)NC(=O)[C@@H](CC(=O)[C@H](N)CCCN=C(N)N)Cc2c(C)cc(O)cc2C)C(N)=O)c([2H])c1[2H]. The van der Waals surface area contributed by atoms with Gasteiger partial charge in [0.1, 0.15) is 11.5 Å². The summed E-state index contributed by atoms with van der Waals surface area (Å²) in [5.74, 6) is -8.01. The first kappa shape index (κ1) is 24.9. The van der Waals surface area contributed by atoms with Crippen LogP contribution >= 0.6 is 0 Å². The molecule has 2 amide bonds. The number of rotatable bonds is 21. The Morgan fingerprint density at radius 1 is 0.957 bits per heavy atom. The maximum atomic E-state index is 14.2. The highest BCUT2D eigenvalue weighted by atomic mass is 16.3. The summed E-state index contributed by atoms with van der Waals surface area (Å²) in [5, 5.41) is 12.4. The molecular weight excluding hydrogens is 586 g/mol. The van der Waals surface area contributed by atoms with Gasteiger partial charge < -0.3 is 39.1 Å². The molecule has 12 nitrogen and oxygen atoms in total. The van der Waals surface area contributed by atoms with E-state index in [1.807, 2.05) is 0 Å². The van der Waals surface area contributed by atoms with Crippen LogP contribution in [0, 0.1) is 25.7 Å². The molecule has 0 spiro atoms. The van der Waals surface area contributed by atoms with Gasteiger partial charge in [0.2, 0.25) is 11.8 Å². The van der Waals surface area contributed by atoms with E-state index in [1.54, 1.807) is 13.8 Å². The second kappa shape index (κ2) is 19.3. The van der Waals surface area contributed by atoms with E-state index < -0.39 is 122 Å². The standard InChI is InChI=1S/C34H51N7O5/c1-21-15-26(42)16-22(2)27(21)18-25(20-30(43)28(36)11-8-14-40-34(38)39)33(46)41-29(12-6-7-13-35)31(44)19-24(32(37)45)17-23-9-4-3-5-10-23/h3-5,9-10,15-16,24-25,28-29,42H,6-8,11-14,17-20,35-36H2,1-2H3,(H2,37,45)(H,41,46)(H4,38,39,40)/t24-,25-,28-,29+/m1/s1/i3D,4D,5D,9D,10D,13D2,17D2,29D. The molecule has 0 aromatic heterocycles. The minimum absolute atomic E-state index is 0.0494. The number of phenols is 1. The van der Waals surface area contributed by atoms with Crippen LogP contribution in [0.25, 0.3) is 0 Å². The minimum Gasteiger partial charge on any atom is -0.508 e. The van der Waals surface area contributed by atoms with Gasteiger partial charge in [-0.25, -0.2) is 0 Å². The summed E-state index contributed by atoms with van der Waals surface area (Å²) in [7, 11) is 0. The lowest BCUT2D eigenvalue weighted by Gasteiger charge is -2.25. The molecule has 0 fully saturated rings. The zero-order chi connectivity index (χ0) is 43.1. The number of hydrogen-bond donors (Lipinski definition) is 7. The van der Waals surface area contributed by atoms with Crippen molar-refractivity contribution in [3.8, 4) is 5.75 Å². The fraction of sp³-hybridized carbons (Fsp3) is 0.500. The van der Waals surface area contributed by atoms with Gasteiger partial charge in [-0.3, -0.25) is 24.2 Å².